The van der Waals surface area contributed by atoms with Gasteiger partial charge in [0.2, 0.25) is 5.91 Å². The summed E-state index contributed by atoms with van der Waals surface area (Å²) >= 11 is 7.11. The number of aryl methyl sites for hydroxylation is 1. The molecule has 43 heavy (non-hydrogen) atoms. The smallest absolute Gasteiger partial charge is 0.354 e. The zero-order chi connectivity index (χ0) is 30.7. The zero-order valence-electron chi connectivity index (χ0n) is 24.4. The number of aromatic hydroxyl groups is 1. The molecule has 1 amide bonds. The highest BCUT2D eigenvalue weighted by Gasteiger charge is 2.39. The fraction of sp³-hybridized carbons (Fsp3) is 0.312. The molecule has 2 aliphatic rings. The molecule has 1 N–H and O–H groups in total. The number of phenols is 1. The van der Waals surface area contributed by atoms with Crippen molar-refractivity contribution in [1.29, 1.82) is 0 Å². The second-order valence-corrected chi connectivity index (χ2v) is 11.8. The van der Waals surface area contributed by atoms with E-state index in [1.54, 1.807) is 35.4 Å². The lowest BCUT2D eigenvalue weighted by Gasteiger charge is -2.41. The highest BCUT2D eigenvalue weighted by Crippen LogP contribution is 2.50. The average Bonchev–Trinajstić information content (AvgIpc) is 3.09. The van der Waals surface area contributed by atoms with Crippen LogP contribution in [0.5, 0.6) is 5.75 Å². The number of aromatic nitrogens is 3. The topological polar surface area (TPSA) is 94.8 Å². The van der Waals surface area contributed by atoms with E-state index in [4.69, 9.17) is 11.6 Å². The van der Waals surface area contributed by atoms with Crippen LogP contribution >= 0.6 is 11.6 Å². The molecule has 2 aromatic heterocycles. The highest BCUT2D eigenvalue weighted by atomic mass is 35.5. The number of benzene rings is 2. The number of anilines is 2. The van der Waals surface area contributed by atoms with E-state index in [9.17, 15) is 14.7 Å². The quantitative estimate of drug-likeness (QED) is 0.327. The molecule has 1 unspecified atom stereocenters. The van der Waals surface area contributed by atoms with Gasteiger partial charge in [-0.3, -0.25) is 14.3 Å². The van der Waals surface area contributed by atoms with E-state index < -0.39 is 11.5 Å². The largest absolute Gasteiger partial charge is 0.507 e. The summed E-state index contributed by atoms with van der Waals surface area (Å²) < 4.78 is 18.6. The highest BCUT2D eigenvalue weighted by molar-refractivity contribution is 6.38. The van der Waals surface area contributed by atoms with Crippen LogP contribution in [0.15, 0.2) is 54.0 Å². The lowest BCUT2D eigenvalue weighted by molar-refractivity contribution is -0.126. The minimum atomic E-state index is -0.753. The number of fused-ring (bicyclic) bond motifs is 2. The first kappa shape index (κ1) is 28.7. The Morgan fingerprint density at radius 1 is 1.19 bits per heavy atom. The number of para-hydroxylation sites is 1. The molecule has 0 radical (unpaired) electrons. The Hall–Kier alpha value is -4.44. The maximum Gasteiger partial charge on any atom is 0.354 e. The van der Waals surface area contributed by atoms with Gasteiger partial charge in [0.15, 0.2) is 5.82 Å². The standard InChI is InChI=1S/C32H32ClFN6O3/c1-6-22(42)38-13-14-39-19(16-38)15-37(5)29-24-30(26(34)23(25(29)33)20-9-7-8-10-21(20)41)40(32(43)36-31(24)39)28-18(4)11-12-35-27(28)17(2)3/h6-12,17,19,41H,1,13-16H2,2-5H3. The van der Waals surface area contributed by atoms with E-state index in [1.807, 2.05) is 37.6 Å². The molecule has 4 aromatic rings. The van der Waals surface area contributed by atoms with Crippen LogP contribution in [0.1, 0.15) is 31.0 Å². The number of pyridine rings is 1. The number of hydrogen-bond donors (Lipinski definition) is 1. The molecular weight excluding hydrogens is 571 g/mol. The number of carbonyl (C=O) groups excluding carboxylic acids is 1. The zero-order valence-corrected chi connectivity index (χ0v) is 25.2. The minimum absolute atomic E-state index is 0.00255. The van der Waals surface area contributed by atoms with Gasteiger partial charge >= 0.3 is 5.69 Å². The van der Waals surface area contributed by atoms with Crippen molar-refractivity contribution < 1.29 is 14.3 Å². The third-order valence-corrected chi connectivity index (χ3v) is 8.74. The van der Waals surface area contributed by atoms with Crippen LogP contribution in [0.2, 0.25) is 5.02 Å². The summed E-state index contributed by atoms with van der Waals surface area (Å²) in [6.07, 6.45) is 2.96. The number of rotatable bonds is 4. The Bertz CT molecular complexity index is 1870. The van der Waals surface area contributed by atoms with Gasteiger partial charge in [0, 0.05) is 50.6 Å². The van der Waals surface area contributed by atoms with Crippen LogP contribution in [0.25, 0.3) is 27.7 Å². The van der Waals surface area contributed by atoms with E-state index in [-0.39, 0.29) is 45.3 Å². The number of halogens is 2. The van der Waals surface area contributed by atoms with Crippen LogP contribution in [0.4, 0.5) is 15.9 Å². The third kappa shape index (κ3) is 4.43. The number of likely N-dealkylation sites (N-methyl/N-ethyl adjacent to an activating group) is 1. The van der Waals surface area contributed by atoms with Crippen LogP contribution in [0, 0.1) is 12.7 Å². The second-order valence-electron chi connectivity index (χ2n) is 11.4. The van der Waals surface area contributed by atoms with E-state index in [0.717, 1.165) is 5.56 Å². The van der Waals surface area contributed by atoms with Crippen molar-refractivity contribution in [3.8, 4) is 22.6 Å². The van der Waals surface area contributed by atoms with Crippen molar-refractivity contribution in [2.24, 2.45) is 0 Å². The Labute approximate surface area is 253 Å². The number of phenolic OH excluding ortho intramolecular Hbond substituents is 1. The molecule has 1 saturated heterocycles. The molecule has 0 saturated carbocycles. The van der Waals surface area contributed by atoms with Gasteiger partial charge in [-0.05, 0) is 36.6 Å². The van der Waals surface area contributed by atoms with Crippen LogP contribution in [-0.4, -0.2) is 69.7 Å². The van der Waals surface area contributed by atoms with Crippen LogP contribution in [0.3, 0.4) is 0 Å². The second kappa shape index (κ2) is 10.7. The van der Waals surface area contributed by atoms with Crippen molar-refractivity contribution in [2.45, 2.75) is 32.7 Å². The molecule has 1 atom stereocenters. The summed E-state index contributed by atoms with van der Waals surface area (Å²) in [5.41, 5.74) is 1.82. The number of hydrogen-bond acceptors (Lipinski definition) is 7. The van der Waals surface area contributed by atoms with Gasteiger partial charge in [-0.1, -0.05) is 50.2 Å². The normalized spacial score (nSPS) is 16.4. The summed E-state index contributed by atoms with van der Waals surface area (Å²) in [7, 11) is 1.85. The molecule has 6 rings (SSSR count). The van der Waals surface area contributed by atoms with Gasteiger partial charge in [0.1, 0.15) is 17.1 Å². The van der Waals surface area contributed by atoms with Gasteiger partial charge in [-0.25, -0.2) is 9.18 Å². The van der Waals surface area contributed by atoms with Crippen molar-refractivity contribution in [2.75, 3.05) is 43.0 Å². The summed E-state index contributed by atoms with van der Waals surface area (Å²) in [4.78, 5) is 41.5. The average molecular weight is 603 g/mol. The van der Waals surface area contributed by atoms with Crippen molar-refractivity contribution >= 4 is 39.9 Å². The van der Waals surface area contributed by atoms with Gasteiger partial charge in [0.05, 0.1) is 33.5 Å². The molecular formula is C32H32ClFN6O3. The SMILES string of the molecule is C=CC(=O)N1CCN2c3nc(=O)n(-c4c(C)ccnc4C(C)C)c4c(F)c(-c5ccccc5O)c(Cl)c(c34)N(C)CC2C1. The first-order valence-electron chi connectivity index (χ1n) is 14.2. The van der Waals surface area contributed by atoms with Crippen LogP contribution < -0.4 is 15.5 Å². The van der Waals surface area contributed by atoms with E-state index >= 15 is 4.39 Å². The number of nitrogens with zero attached hydrogens (tertiary/aromatic N) is 6. The number of amides is 1. The molecule has 9 nitrogen and oxygen atoms in total. The predicted molar refractivity (Wildman–Crippen MR) is 167 cm³/mol. The van der Waals surface area contributed by atoms with Crippen molar-refractivity contribution in [3.63, 3.8) is 0 Å². The lowest BCUT2D eigenvalue weighted by Crippen LogP contribution is -2.57. The molecule has 2 aliphatic heterocycles. The molecule has 4 heterocycles. The summed E-state index contributed by atoms with van der Waals surface area (Å²) in [6, 6.07) is 7.91. The van der Waals surface area contributed by atoms with Gasteiger partial charge in [-0.15, -0.1) is 0 Å². The maximum atomic E-state index is 17.3. The van der Waals surface area contributed by atoms with Gasteiger partial charge in [-0.2, -0.15) is 4.98 Å². The number of piperazine rings is 1. The van der Waals surface area contributed by atoms with Gasteiger partial charge in [0.25, 0.3) is 0 Å². The Balaban J connectivity index is 1.77. The molecule has 1 fully saturated rings. The Kier molecular flexibility index (Phi) is 7.12. The first-order chi connectivity index (χ1) is 20.5. The minimum Gasteiger partial charge on any atom is -0.507 e. The third-order valence-electron chi connectivity index (χ3n) is 8.37. The molecule has 0 bridgehead atoms. The number of carbonyl (C=O) groups is 1. The fourth-order valence-electron chi connectivity index (χ4n) is 6.39. The van der Waals surface area contributed by atoms with Crippen molar-refractivity contribution in [1.82, 2.24) is 19.4 Å². The maximum absolute atomic E-state index is 17.3. The van der Waals surface area contributed by atoms with E-state index in [1.165, 1.54) is 16.7 Å². The van der Waals surface area contributed by atoms with E-state index in [2.05, 4.69) is 16.5 Å². The summed E-state index contributed by atoms with van der Waals surface area (Å²) in [5.74, 6) is -0.857. The monoisotopic (exact) mass is 602 g/mol. The fourth-order valence-corrected chi connectivity index (χ4v) is 6.81. The summed E-state index contributed by atoms with van der Waals surface area (Å²) in [6.45, 7) is 10.9. The predicted octanol–water partition coefficient (Wildman–Crippen LogP) is 5.03. The molecule has 0 spiro atoms. The summed E-state index contributed by atoms with van der Waals surface area (Å²) in [5, 5.41) is 11.3. The van der Waals surface area contributed by atoms with E-state index in [0.29, 0.717) is 54.5 Å². The molecule has 11 heteroatoms. The van der Waals surface area contributed by atoms with Gasteiger partial charge < -0.3 is 19.8 Å². The Morgan fingerprint density at radius 3 is 2.63 bits per heavy atom. The van der Waals surface area contributed by atoms with Crippen molar-refractivity contribution in [3.05, 3.63) is 81.8 Å². The first-order valence-corrected chi connectivity index (χ1v) is 14.5. The van der Waals surface area contributed by atoms with Crippen LogP contribution in [-0.2, 0) is 4.79 Å². The molecule has 222 valence electrons. The molecule has 0 aliphatic carbocycles. The Morgan fingerprint density at radius 2 is 1.93 bits per heavy atom. The lowest BCUT2D eigenvalue weighted by atomic mass is 9.98. The molecule has 2 aromatic carbocycles.